The highest BCUT2D eigenvalue weighted by atomic mass is 16.3. The lowest BCUT2D eigenvalue weighted by molar-refractivity contribution is 0.483. The van der Waals surface area contributed by atoms with Crippen LogP contribution in [0.15, 0.2) is 35.1 Å². The third-order valence-corrected chi connectivity index (χ3v) is 3.08. The summed E-state index contributed by atoms with van der Waals surface area (Å²) in [6.45, 7) is 2.82. The molecule has 1 fully saturated rings. The fourth-order valence-corrected chi connectivity index (χ4v) is 1.97. The molecule has 0 bridgehead atoms. The molecule has 3 rings (SSSR count). The van der Waals surface area contributed by atoms with Gasteiger partial charge in [-0.15, -0.1) is 0 Å². The Morgan fingerprint density at radius 2 is 2.29 bits per heavy atom. The summed E-state index contributed by atoms with van der Waals surface area (Å²) in [7, 11) is 0. The van der Waals surface area contributed by atoms with Crippen molar-refractivity contribution in [2.45, 2.75) is 32.4 Å². The Kier molecular flexibility index (Phi) is 2.69. The van der Waals surface area contributed by atoms with E-state index < -0.39 is 0 Å². The molecule has 0 atom stereocenters. The van der Waals surface area contributed by atoms with E-state index in [2.05, 4.69) is 16.4 Å². The highest BCUT2D eigenvalue weighted by Gasteiger charge is 2.21. The van der Waals surface area contributed by atoms with Crippen LogP contribution in [-0.2, 0) is 6.54 Å². The van der Waals surface area contributed by atoms with E-state index in [1.165, 1.54) is 24.0 Å². The molecule has 1 aliphatic carbocycles. The summed E-state index contributed by atoms with van der Waals surface area (Å²) in [6, 6.07) is 6.84. The highest BCUT2D eigenvalue weighted by molar-refractivity contribution is 5.65. The SMILES string of the molecule is Cc1cc(-c2ccoc2CNC2CC2)ccn1. The molecule has 2 heterocycles. The van der Waals surface area contributed by atoms with Gasteiger partial charge in [-0.1, -0.05) is 0 Å². The number of pyridine rings is 1. The molecule has 3 heteroatoms. The molecule has 0 saturated heterocycles. The first kappa shape index (κ1) is 10.5. The van der Waals surface area contributed by atoms with Crippen molar-refractivity contribution in [2.24, 2.45) is 0 Å². The van der Waals surface area contributed by atoms with Crippen LogP contribution in [0.25, 0.3) is 11.1 Å². The summed E-state index contributed by atoms with van der Waals surface area (Å²) in [5.74, 6) is 1.02. The number of furan rings is 1. The predicted molar refractivity (Wildman–Crippen MR) is 66.5 cm³/mol. The van der Waals surface area contributed by atoms with Crippen molar-refractivity contribution in [3.05, 3.63) is 42.1 Å². The van der Waals surface area contributed by atoms with Crippen molar-refractivity contribution < 1.29 is 4.42 Å². The second-order valence-corrected chi connectivity index (χ2v) is 4.60. The van der Waals surface area contributed by atoms with Crippen LogP contribution in [0.1, 0.15) is 24.3 Å². The van der Waals surface area contributed by atoms with Crippen LogP contribution < -0.4 is 5.32 Å². The number of aromatic nitrogens is 1. The molecule has 0 aliphatic heterocycles. The summed E-state index contributed by atoms with van der Waals surface area (Å²) >= 11 is 0. The number of rotatable bonds is 4. The lowest BCUT2D eigenvalue weighted by Crippen LogP contribution is -2.15. The van der Waals surface area contributed by atoms with Crippen molar-refractivity contribution >= 4 is 0 Å². The Labute approximate surface area is 101 Å². The van der Waals surface area contributed by atoms with Crippen molar-refractivity contribution in [2.75, 3.05) is 0 Å². The fourth-order valence-electron chi connectivity index (χ4n) is 1.97. The second kappa shape index (κ2) is 4.34. The third kappa shape index (κ3) is 2.39. The number of hydrogen-bond donors (Lipinski definition) is 1. The topological polar surface area (TPSA) is 38.1 Å². The number of nitrogens with zero attached hydrogens (tertiary/aromatic N) is 1. The Balaban J connectivity index is 1.83. The summed E-state index contributed by atoms with van der Waals surface area (Å²) in [6.07, 6.45) is 6.19. The normalized spacial score (nSPS) is 15.1. The molecule has 1 aliphatic rings. The zero-order chi connectivity index (χ0) is 11.7. The van der Waals surface area contributed by atoms with Gasteiger partial charge in [-0.2, -0.15) is 0 Å². The minimum Gasteiger partial charge on any atom is -0.467 e. The van der Waals surface area contributed by atoms with Crippen LogP contribution >= 0.6 is 0 Å². The molecular formula is C14H16N2O. The van der Waals surface area contributed by atoms with Gasteiger partial charge in [0.2, 0.25) is 0 Å². The fraction of sp³-hybridized carbons (Fsp3) is 0.357. The molecule has 0 aromatic carbocycles. The van der Waals surface area contributed by atoms with Gasteiger partial charge in [0.25, 0.3) is 0 Å². The number of nitrogens with one attached hydrogen (secondary N) is 1. The van der Waals surface area contributed by atoms with Gasteiger partial charge in [0.05, 0.1) is 12.8 Å². The van der Waals surface area contributed by atoms with E-state index in [9.17, 15) is 0 Å². The first-order chi connectivity index (χ1) is 8.33. The van der Waals surface area contributed by atoms with E-state index >= 15 is 0 Å². The van der Waals surface area contributed by atoms with E-state index in [0.29, 0.717) is 6.04 Å². The average molecular weight is 228 g/mol. The molecule has 0 spiro atoms. The maximum Gasteiger partial charge on any atom is 0.125 e. The molecule has 2 aromatic heterocycles. The molecule has 1 saturated carbocycles. The number of aryl methyl sites for hydroxylation is 1. The molecule has 17 heavy (non-hydrogen) atoms. The van der Waals surface area contributed by atoms with Gasteiger partial charge in [-0.25, -0.2) is 0 Å². The Morgan fingerprint density at radius 1 is 1.41 bits per heavy atom. The van der Waals surface area contributed by atoms with Crippen LogP contribution in [-0.4, -0.2) is 11.0 Å². The maximum absolute atomic E-state index is 5.55. The quantitative estimate of drug-likeness (QED) is 0.874. The van der Waals surface area contributed by atoms with Crippen LogP contribution in [0.4, 0.5) is 0 Å². The van der Waals surface area contributed by atoms with E-state index in [0.717, 1.165) is 18.0 Å². The van der Waals surface area contributed by atoms with Crippen LogP contribution in [0, 0.1) is 6.92 Å². The van der Waals surface area contributed by atoms with Gasteiger partial charge in [-0.05, 0) is 43.5 Å². The zero-order valence-electron chi connectivity index (χ0n) is 9.94. The zero-order valence-corrected chi connectivity index (χ0v) is 9.94. The van der Waals surface area contributed by atoms with E-state index in [-0.39, 0.29) is 0 Å². The molecule has 88 valence electrons. The minimum absolute atomic E-state index is 0.701. The van der Waals surface area contributed by atoms with Crippen molar-refractivity contribution in [1.29, 1.82) is 0 Å². The summed E-state index contributed by atoms with van der Waals surface area (Å²) in [4.78, 5) is 4.22. The Hall–Kier alpha value is -1.61. The molecule has 2 aromatic rings. The van der Waals surface area contributed by atoms with Gasteiger partial charge in [-0.3, -0.25) is 4.98 Å². The minimum atomic E-state index is 0.701. The van der Waals surface area contributed by atoms with Crippen LogP contribution in [0.5, 0.6) is 0 Å². The van der Waals surface area contributed by atoms with Crippen molar-refractivity contribution in [1.82, 2.24) is 10.3 Å². The molecule has 0 unspecified atom stereocenters. The lowest BCUT2D eigenvalue weighted by Gasteiger charge is -2.04. The summed E-state index contributed by atoms with van der Waals surface area (Å²) in [5.41, 5.74) is 3.38. The summed E-state index contributed by atoms with van der Waals surface area (Å²) in [5, 5.41) is 3.47. The van der Waals surface area contributed by atoms with Gasteiger partial charge < -0.3 is 9.73 Å². The van der Waals surface area contributed by atoms with Crippen molar-refractivity contribution in [3.63, 3.8) is 0 Å². The van der Waals surface area contributed by atoms with E-state index in [1.807, 2.05) is 25.3 Å². The predicted octanol–water partition coefficient (Wildman–Crippen LogP) is 2.90. The molecular weight excluding hydrogens is 212 g/mol. The molecule has 3 nitrogen and oxygen atoms in total. The largest absolute Gasteiger partial charge is 0.467 e. The lowest BCUT2D eigenvalue weighted by atomic mass is 10.1. The second-order valence-electron chi connectivity index (χ2n) is 4.60. The standard InChI is InChI=1S/C14H16N2O/c1-10-8-11(4-6-15-10)13-5-7-17-14(13)9-16-12-2-3-12/h4-8,12,16H,2-3,9H2,1H3. The smallest absolute Gasteiger partial charge is 0.125 e. The van der Waals surface area contributed by atoms with Crippen LogP contribution in [0.3, 0.4) is 0 Å². The van der Waals surface area contributed by atoms with E-state index in [4.69, 9.17) is 4.42 Å². The average Bonchev–Trinajstić information content (AvgIpc) is 3.04. The monoisotopic (exact) mass is 228 g/mol. The first-order valence-corrected chi connectivity index (χ1v) is 6.06. The third-order valence-electron chi connectivity index (χ3n) is 3.08. The highest BCUT2D eigenvalue weighted by Crippen LogP contribution is 2.26. The maximum atomic E-state index is 5.55. The Morgan fingerprint density at radius 3 is 3.06 bits per heavy atom. The Bertz CT molecular complexity index is 514. The molecule has 0 amide bonds. The first-order valence-electron chi connectivity index (χ1n) is 6.06. The molecule has 0 radical (unpaired) electrons. The number of hydrogen-bond acceptors (Lipinski definition) is 3. The van der Waals surface area contributed by atoms with Crippen LogP contribution in [0.2, 0.25) is 0 Å². The van der Waals surface area contributed by atoms with E-state index in [1.54, 1.807) is 6.26 Å². The van der Waals surface area contributed by atoms with Gasteiger partial charge >= 0.3 is 0 Å². The van der Waals surface area contributed by atoms with Gasteiger partial charge in [0, 0.05) is 23.5 Å². The van der Waals surface area contributed by atoms with Crippen molar-refractivity contribution in [3.8, 4) is 11.1 Å². The molecule has 1 N–H and O–H groups in total. The summed E-state index contributed by atoms with van der Waals surface area (Å²) < 4.78 is 5.55. The van der Waals surface area contributed by atoms with Gasteiger partial charge in [0.15, 0.2) is 0 Å². The van der Waals surface area contributed by atoms with Gasteiger partial charge in [0.1, 0.15) is 5.76 Å².